The topological polar surface area (TPSA) is 113 Å². The molecule has 0 fully saturated rings. The van der Waals surface area contributed by atoms with Crippen LogP contribution in [0.1, 0.15) is 37.3 Å². The third kappa shape index (κ3) is 4.34. The Labute approximate surface area is 190 Å². The second-order valence-corrected chi connectivity index (χ2v) is 8.63. The standard InChI is InChI=1S/C23H26N6O2S/c1-4-15-8-10-16(11-9-15)29-20(24)19-14(3)27-28-21(19)26-23(29)32-18(5-2)22(30)25-13-17-7-6-12-31-17/h6-12,18,24H,4-5,13H2,1-3H3,(H,25,30)(H,27,28)/t18-/m0/s1. The van der Waals surface area contributed by atoms with Gasteiger partial charge in [-0.2, -0.15) is 5.10 Å². The van der Waals surface area contributed by atoms with Crippen molar-refractivity contribution in [3.05, 3.63) is 65.2 Å². The van der Waals surface area contributed by atoms with Gasteiger partial charge in [0, 0.05) is 11.4 Å². The number of carbonyl (C=O) groups excluding carboxylic acids is 1. The van der Waals surface area contributed by atoms with Crippen LogP contribution in [0.5, 0.6) is 0 Å². The fourth-order valence-electron chi connectivity index (χ4n) is 3.48. The number of hydrogen-bond acceptors (Lipinski definition) is 6. The molecule has 3 heterocycles. The highest BCUT2D eigenvalue weighted by molar-refractivity contribution is 8.00. The van der Waals surface area contributed by atoms with Crippen molar-refractivity contribution < 1.29 is 9.21 Å². The van der Waals surface area contributed by atoms with Crippen LogP contribution in [0, 0.1) is 12.3 Å². The lowest BCUT2D eigenvalue weighted by Gasteiger charge is -2.18. The number of hydrogen-bond donors (Lipinski definition) is 3. The van der Waals surface area contributed by atoms with Crippen LogP contribution < -0.4 is 10.8 Å². The number of amides is 1. The van der Waals surface area contributed by atoms with Crippen molar-refractivity contribution >= 4 is 28.7 Å². The number of benzene rings is 1. The first-order valence-corrected chi connectivity index (χ1v) is 11.5. The third-order valence-electron chi connectivity index (χ3n) is 5.31. The molecule has 4 rings (SSSR count). The van der Waals surface area contributed by atoms with Crippen molar-refractivity contribution in [2.24, 2.45) is 0 Å². The summed E-state index contributed by atoms with van der Waals surface area (Å²) in [5.41, 5.74) is 3.60. The number of nitrogens with zero attached hydrogens (tertiary/aromatic N) is 3. The number of aromatic amines is 1. The molecule has 0 unspecified atom stereocenters. The molecule has 3 aromatic heterocycles. The lowest BCUT2D eigenvalue weighted by Crippen LogP contribution is -2.32. The van der Waals surface area contributed by atoms with E-state index in [2.05, 4.69) is 34.6 Å². The summed E-state index contributed by atoms with van der Waals surface area (Å²) in [7, 11) is 0. The minimum atomic E-state index is -0.379. The summed E-state index contributed by atoms with van der Waals surface area (Å²) in [5.74, 6) is 0.595. The SMILES string of the molecule is CCc1ccc(-n2c(S[C@@H](CC)C(=O)NCc3ccco3)nc3n[nH]c(C)c3c2=N)cc1. The van der Waals surface area contributed by atoms with Crippen molar-refractivity contribution in [1.29, 1.82) is 5.41 Å². The van der Waals surface area contributed by atoms with Gasteiger partial charge in [-0.3, -0.25) is 19.9 Å². The first-order chi connectivity index (χ1) is 15.5. The Morgan fingerprint density at radius 2 is 2.06 bits per heavy atom. The average Bonchev–Trinajstić information content (AvgIpc) is 3.46. The molecule has 0 saturated heterocycles. The van der Waals surface area contributed by atoms with Gasteiger partial charge >= 0.3 is 0 Å². The Morgan fingerprint density at radius 1 is 1.28 bits per heavy atom. The van der Waals surface area contributed by atoms with Gasteiger partial charge in [0.05, 0.1) is 23.4 Å². The molecule has 0 spiro atoms. The van der Waals surface area contributed by atoms with Crippen molar-refractivity contribution in [2.75, 3.05) is 0 Å². The minimum Gasteiger partial charge on any atom is -0.467 e. The Kier molecular flexibility index (Phi) is 6.45. The predicted molar refractivity (Wildman–Crippen MR) is 124 cm³/mol. The van der Waals surface area contributed by atoms with Crippen molar-refractivity contribution in [1.82, 2.24) is 25.1 Å². The molecular formula is C23H26N6O2S. The summed E-state index contributed by atoms with van der Waals surface area (Å²) in [4.78, 5) is 17.6. The van der Waals surface area contributed by atoms with Crippen LogP contribution in [0.4, 0.5) is 0 Å². The summed E-state index contributed by atoms with van der Waals surface area (Å²) in [6, 6.07) is 11.7. The fraction of sp³-hybridized carbons (Fsp3) is 0.304. The molecule has 1 amide bonds. The number of furan rings is 1. The minimum absolute atomic E-state index is 0.103. The van der Waals surface area contributed by atoms with Gasteiger partial charge in [0.2, 0.25) is 5.91 Å². The maximum absolute atomic E-state index is 12.9. The molecule has 9 heteroatoms. The Balaban J connectivity index is 1.71. The number of H-pyrrole nitrogens is 1. The molecular weight excluding hydrogens is 424 g/mol. The van der Waals surface area contributed by atoms with E-state index < -0.39 is 0 Å². The van der Waals surface area contributed by atoms with Crippen LogP contribution in [0.2, 0.25) is 0 Å². The number of carbonyl (C=O) groups is 1. The first-order valence-electron chi connectivity index (χ1n) is 10.6. The van der Waals surface area contributed by atoms with Gasteiger partial charge in [0.25, 0.3) is 0 Å². The molecule has 166 valence electrons. The smallest absolute Gasteiger partial charge is 0.233 e. The van der Waals surface area contributed by atoms with E-state index in [-0.39, 0.29) is 11.2 Å². The molecule has 0 radical (unpaired) electrons. The number of rotatable bonds is 8. The average molecular weight is 451 g/mol. The van der Waals surface area contributed by atoms with Crippen LogP contribution in [0.3, 0.4) is 0 Å². The number of aromatic nitrogens is 4. The number of nitrogens with one attached hydrogen (secondary N) is 3. The van der Waals surface area contributed by atoms with Gasteiger partial charge in [-0.05, 0) is 49.6 Å². The molecule has 0 aliphatic rings. The van der Waals surface area contributed by atoms with Gasteiger partial charge in [-0.1, -0.05) is 37.7 Å². The van der Waals surface area contributed by atoms with Crippen LogP contribution in [0.15, 0.2) is 52.2 Å². The second-order valence-electron chi connectivity index (χ2n) is 7.46. The highest BCUT2D eigenvalue weighted by Gasteiger charge is 2.23. The van der Waals surface area contributed by atoms with E-state index in [1.54, 1.807) is 16.9 Å². The van der Waals surface area contributed by atoms with Crippen LogP contribution in [0.25, 0.3) is 16.7 Å². The van der Waals surface area contributed by atoms with Crippen molar-refractivity contribution in [3.63, 3.8) is 0 Å². The highest BCUT2D eigenvalue weighted by Crippen LogP contribution is 2.27. The molecule has 1 atom stereocenters. The molecule has 0 aliphatic heterocycles. The van der Waals surface area contributed by atoms with E-state index in [4.69, 9.17) is 14.8 Å². The molecule has 0 bridgehead atoms. The number of aryl methyl sites for hydroxylation is 2. The summed E-state index contributed by atoms with van der Waals surface area (Å²) < 4.78 is 7.09. The van der Waals surface area contributed by atoms with Gasteiger partial charge in [-0.25, -0.2) is 4.98 Å². The predicted octanol–water partition coefficient (Wildman–Crippen LogP) is 3.88. The molecule has 1 aromatic carbocycles. The molecule has 32 heavy (non-hydrogen) atoms. The Morgan fingerprint density at radius 3 is 2.72 bits per heavy atom. The van der Waals surface area contributed by atoms with Gasteiger partial charge in [0.15, 0.2) is 10.8 Å². The number of thioether (sulfide) groups is 1. The van der Waals surface area contributed by atoms with E-state index in [9.17, 15) is 4.79 Å². The van der Waals surface area contributed by atoms with Gasteiger partial charge in [0.1, 0.15) is 11.2 Å². The fourth-order valence-corrected chi connectivity index (χ4v) is 4.53. The molecule has 0 aliphatic carbocycles. The van der Waals surface area contributed by atoms with Crippen LogP contribution in [-0.4, -0.2) is 30.9 Å². The summed E-state index contributed by atoms with van der Waals surface area (Å²) in [5, 5.41) is 19.8. The molecule has 4 aromatic rings. The van der Waals surface area contributed by atoms with Crippen molar-refractivity contribution in [3.8, 4) is 5.69 Å². The second kappa shape index (κ2) is 9.44. The summed E-state index contributed by atoms with van der Waals surface area (Å²) in [6.07, 6.45) is 3.13. The quantitative estimate of drug-likeness (QED) is 0.279. The first kappa shape index (κ1) is 21.9. The third-order valence-corrected chi connectivity index (χ3v) is 6.63. The normalized spacial score (nSPS) is 12.2. The molecule has 3 N–H and O–H groups in total. The van der Waals surface area contributed by atoms with E-state index in [1.165, 1.54) is 17.3 Å². The van der Waals surface area contributed by atoms with Crippen LogP contribution in [-0.2, 0) is 17.8 Å². The highest BCUT2D eigenvalue weighted by atomic mass is 32.2. The zero-order chi connectivity index (χ0) is 22.7. The largest absolute Gasteiger partial charge is 0.467 e. The van der Waals surface area contributed by atoms with E-state index in [0.717, 1.165) is 17.8 Å². The van der Waals surface area contributed by atoms with Crippen molar-refractivity contribution in [2.45, 2.75) is 50.6 Å². The Hall–Kier alpha value is -3.33. The van der Waals surface area contributed by atoms with E-state index in [0.29, 0.717) is 40.4 Å². The lowest BCUT2D eigenvalue weighted by atomic mass is 10.1. The van der Waals surface area contributed by atoms with Gasteiger partial charge in [-0.15, -0.1) is 0 Å². The number of fused-ring (bicyclic) bond motifs is 1. The zero-order valence-corrected chi connectivity index (χ0v) is 19.1. The Bertz CT molecular complexity index is 1270. The molecule has 0 saturated carbocycles. The van der Waals surface area contributed by atoms with E-state index >= 15 is 0 Å². The monoisotopic (exact) mass is 450 g/mol. The lowest BCUT2D eigenvalue weighted by molar-refractivity contribution is -0.120. The maximum atomic E-state index is 12.9. The van der Waals surface area contributed by atoms with Gasteiger partial charge < -0.3 is 9.73 Å². The van der Waals surface area contributed by atoms with Crippen LogP contribution >= 0.6 is 11.8 Å². The molecule has 8 nitrogen and oxygen atoms in total. The maximum Gasteiger partial charge on any atom is 0.233 e. The van der Waals surface area contributed by atoms with E-state index in [1.807, 2.05) is 32.0 Å². The summed E-state index contributed by atoms with van der Waals surface area (Å²) in [6.45, 7) is 6.28. The summed E-state index contributed by atoms with van der Waals surface area (Å²) >= 11 is 1.34. The zero-order valence-electron chi connectivity index (χ0n) is 18.3.